The molecule has 2 unspecified atom stereocenters. The molecule has 0 bridgehead atoms. The number of amides is 2. The monoisotopic (exact) mass is 359 g/mol. The first-order valence-electron chi connectivity index (χ1n) is 8.89. The van der Waals surface area contributed by atoms with E-state index in [1.165, 1.54) is 0 Å². The molecule has 26 heavy (non-hydrogen) atoms. The Balaban J connectivity index is 1.90. The molecule has 7 heteroatoms. The molecule has 0 aliphatic carbocycles. The van der Waals surface area contributed by atoms with Crippen LogP contribution in [0.15, 0.2) is 24.4 Å². The maximum Gasteiger partial charge on any atom is 0.287 e. The van der Waals surface area contributed by atoms with E-state index in [0.29, 0.717) is 19.5 Å². The molecule has 0 aromatic carbocycles. The Bertz CT molecular complexity index is 673. The number of pyridine rings is 1. The molecule has 140 valence electrons. The fourth-order valence-corrected chi connectivity index (χ4v) is 3.04. The maximum atomic E-state index is 12.6. The van der Waals surface area contributed by atoms with Gasteiger partial charge in [-0.15, -0.1) is 0 Å². The Morgan fingerprint density at radius 3 is 2.73 bits per heavy atom. The van der Waals surface area contributed by atoms with Gasteiger partial charge in [0.2, 0.25) is 11.7 Å². The van der Waals surface area contributed by atoms with Crippen molar-refractivity contribution in [2.75, 3.05) is 6.54 Å². The lowest BCUT2D eigenvalue weighted by Crippen LogP contribution is -2.44. The number of aromatic nitrogens is 1. The van der Waals surface area contributed by atoms with Crippen molar-refractivity contribution in [3.8, 4) is 0 Å². The molecule has 2 amide bonds. The van der Waals surface area contributed by atoms with Crippen LogP contribution >= 0.6 is 0 Å². The molecule has 1 aliphatic rings. The zero-order valence-electron chi connectivity index (χ0n) is 15.2. The van der Waals surface area contributed by atoms with Crippen LogP contribution in [0.4, 0.5) is 0 Å². The van der Waals surface area contributed by atoms with Crippen LogP contribution in [0.3, 0.4) is 0 Å². The van der Waals surface area contributed by atoms with Crippen molar-refractivity contribution in [3.63, 3.8) is 0 Å². The third kappa shape index (κ3) is 5.47. The number of carbonyl (C=O) groups excluding carboxylic acids is 4. The first kappa shape index (κ1) is 19.8. The van der Waals surface area contributed by atoms with Crippen LogP contribution in [0, 0.1) is 17.8 Å². The highest BCUT2D eigenvalue weighted by Gasteiger charge is 2.34. The summed E-state index contributed by atoms with van der Waals surface area (Å²) < 4.78 is 0. The van der Waals surface area contributed by atoms with Gasteiger partial charge in [0.15, 0.2) is 0 Å². The van der Waals surface area contributed by atoms with Gasteiger partial charge in [-0.05, 0) is 24.5 Å². The fourth-order valence-electron chi connectivity index (χ4n) is 3.04. The average molecular weight is 359 g/mol. The van der Waals surface area contributed by atoms with Gasteiger partial charge >= 0.3 is 0 Å². The molecule has 2 atom stereocenters. The average Bonchev–Trinajstić information content (AvgIpc) is 2.62. The van der Waals surface area contributed by atoms with Crippen LogP contribution in [0.5, 0.6) is 0 Å². The van der Waals surface area contributed by atoms with Crippen molar-refractivity contribution in [3.05, 3.63) is 30.1 Å². The zero-order chi connectivity index (χ0) is 19.1. The summed E-state index contributed by atoms with van der Waals surface area (Å²) in [7, 11) is 0. The van der Waals surface area contributed by atoms with Gasteiger partial charge in [0.1, 0.15) is 5.78 Å². The number of piperidine rings is 1. The Hall–Kier alpha value is -2.57. The number of nitrogens with zero attached hydrogens (tertiary/aromatic N) is 1. The summed E-state index contributed by atoms with van der Waals surface area (Å²) in [6.07, 6.45) is 2.20. The third-order valence-electron chi connectivity index (χ3n) is 4.64. The molecule has 0 radical (unpaired) electrons. The Morgan fingerprint density at radius 2 is 2.08 bits per heavy atom. The Labute approximate surface area is 153 Å². The summed E-state index contributed by atoms with van der Waals surface area (Å²) in [6, 6.07) is 5.45. The van der Waals surface area contributed by atoms with Gasteiger partial charge in [-0.3, -0.25) is 24.2 Å². The van der Waals surface area contributed by atoms with Crippen molar-refractivity contribution in [1.82, 2.24) is 15.6 Å². The summed E-state index contributed by atoms with van der Waals surface area (Å²) in [5.41, 5.74) is 0.743. The SMILES string of the molecule is CC(C)C(CC(=O)NCc1ccccn1)C(=O)CC1CCNC(=O)C1=O. The minimum atomic E-state index is -0.622. The van der Waals surface area contributed by atoms with E-state index in [9.17, 15) is 19.2 Å². The fraction of sp³-hybridized carbons (Fsp3) is 0.526. The number of rotatable bonds is 8. The van der Waals surface area contributed by atoms with Crippen LogP contribution in [0.1, 0.15) is 38.8 Å². The first-order valence-corrected chi connectivity index (χ1v) is 8.89. The van der Waals surface area contributed by atoms with Crippen LogP contribution in [-0.4, -0.2) is 34.9 Å². The highest BCUT2D eigenvalue weighted by Crippen LogP contribution is 2.23. The lowest BCUT2D eigenvalue weighted by Gasteiger charge is -2.24. The maximum absolute atomic E-state index is 12.6. The summed E-state index contributed by atoms with van der Waals surface area (Å²) in [5.74, 6) is -2.60. The summed E-state index contributed by atoms with van der Waals surface area (Å²) in [6.45, 7) is 4.47. The Morgan fingerprint density at radius 1 is 1.31 bits per heavy atom. The molecule has 1 saturated heterocycles. The quantitative estimate of drug-likeness (QED) is 0.674. The predicted molar refractivity (Wildman–Crippen MR) is 94.8 cm³/mol. The molecule has 2 rings (SSSR count). The van der Waals surface area contributed by atoms with E-state index in [2.05, 4.69) is 15.6 Å². The molecule has 0 spiro atoms. The van der Waals surface area contributed by atoms with Gasteiger partial charge in [0.05, 0.1) is 12.2 Å². The number of carbonyl (C=O) groups is 4. The molecule has 2 N–H and O–H groups in total. The van der Waals surface area contributed by atoms with E-state index in [1.807, 2.05) is 26.0 Å². The van der Waals surface area contributed by atoms with E-state index in [4.69, 9.17) is 0 Å². The van der Waals surface area contributed by atoms with Gasteiger partial charge in [-0.2, -0.15) is 0 Å². The molecular weight excluding hydrogens is 334 g/mol. The second-order valence-corrected chi connectivity index (χ2v) is 6.93. The predicted octanol–water partition coefficient (Wildman–Crippen LogP) is 1.02. The third-order valence-corrected chi connectivity index (χ3v) is 4.64. The summed E-state index contributed by atoms with van der Waals surface area (Å²) >= 11 is 0. The van der Waals surface area contributed by atoms with Gasteiger partial charge in [0.25, 0.3) is 5.91 Å². The molecule has 0 saturated carbocycles. The van der Waals surface area contributed by atoms with E-state index in [1.54, 1.807) is 12.3 Å². The number of hydrogen-bond donors (Lipinski definition) is 2. The summed E-state index contributed by atoms with van der Waals surface area (Å²) in [4.78, 5) is 52.3. The standard InChI is InChI=1S/C19H25N3O4/c1-12(2)15(10-17(24)22-11-14-5-3-4-7-20-14)16(23)9-13-6-8-21-19(26)18(13)25/h3-5,7,12-13,15H,6,8-11H2,1-2H3,(H,21,26)(H,22,24). The van der Waals surface area contributed by atoms with Crippen molar-refractivity contribution in [2.24, 2.45) is 17.8 Å². The highest BCUT2D eigenvalue weighted by atomic mass is 16.2. The lowest BCUT2D eigenvalue weighted by molar-refractivity contribution is -0.143. The van der Waals surface area contributed by atoms with E-state index < -0.39 is 23.5 Å². The second-order valence-electron chi connectivity index (χ2n) is 6.93. The van der Waals surface area contributed by atoms with Crippen LogP contribution in [0.25, 0.3) is 0 Å². The van der Waals surface area contributed by atoms with E-state index >= 15 is 0 Å². The van der Waals surface area contributed by atoms with E-state index in [0.717, 1.165) is 5.69 Å². The van der Waals surface area contributed by atoms with E-state index in [-0.39, 0.29) is 30.4 Å². The zero-order valence-corrected chi connectivity index (χ0v) is 15.2. The topological polar surface area (TPSA) is 105 Å². The van der Waals surface area contributed by atoms with Crippen molar-refractivity contribution in [1.29, 1.82) is 0 Å². The lowest BCUT2D eigenvalue weighted by atomic mass is 9.81. The van der Waals surface area contributed by atoms with Crippen LogP contribution in [0.2, 0.25) is 0 Å². The molecule has 2 heterocycles. The molecule has 1 aliphatic heterocycles. The van der Waals surface area contributed by atoms with Gasteiger partial charge in [0, 0.05) is 37.4 Å². The highest BCUT2D eigenvalue weighted by molar-refractivity contribution is 6.37. The first-order chi connectivity index (χ1) is 12.4. The molecule has 1 aromatic rings. The normalized spacial score (nSPS) is 18.3. The van der Waals surface area contributed by atoms with Gasteiger partial charge < -0.3 is 10.6 Å². The minimum Gasteiger partial charge on any atom is -0.350 e. The van der Waals surface area contributed by atoms with Crippen LogP contribution < -0.4 is 10.6 Å². The number of nitrogens with one attached hydrogen (secondary N) is 2. The largest absolute Gasteiger partial charge is 0.350 e. The van der Waals surface area contributed by atoms with Crippen molar-refractivity contribution >= 4 is 23.4 Å². The summed E-state index contributed by atoms with van der Waals surface area (Å²) in [5, 5.41) is 5.26. The molecular formula is C19H25N3O4. The van der Waals surface area contributed by atoms with Crippen LogP contribution in [-0.2, 0) is 25.7 Å². The smallest absolute Gasteiger partial charge is 0.287 e. The number of Topliss-reactive ketones (excluding diaryl/α,β-unsaturated/α-hetero) is 2. The molecule has 7 nitrogen and oxygen atoms in total. The van der Waals surface area contributed by atoms with Gasteiger partial charge in [-0.1, -0.05) is 19.9 Å². The Kier molecular flexibility index (Phi) is 7.00. The van der Waals surface area contributed by atoms with Crippen molar-refractivity contribution in [2.45, 2.75) is 39.7 Å². The molecule has 1 fully saturated rings. The minimum absolute atomic E-state index is 0.0165. The van der Waals surface area contributed by atoms with Crippen molar-refractivity contribution < 1.29 is 19.2 Å². The number of hydrogen-bond acceptors (Lipinski definition) is 5. The number of ketones is 2. The molecule has 1 aromatic heterocycles. The second kappa shape index (κ2) is 9.22. The van der Waals surface area contributed by atoms with Gasteiger partial charge in [-0.25, -0.2) is 0 Å².